The molecule has 0 amide bonds. The summed E-state index contributed by atoms with van der Waals surface area (Å²) in [5.41, 5.74) is -3.58. The van der Waals surface area contributed by atoms with Crippen LogP contribution in [0.4, 0.5) is 13.2 Å². The molecule has 1 aromatic carbocycles. The van der Waals surface area contributed by atoms with Gasteiger partial charge in [-0.2, -0.15) is 13.2 Å². The second kappa shape index (κ2) is 7.76. The normalized spacial score (nSPS) is 16.6. The summed E-state index contributed by atoms with van der Waals surface area (Å²) in [6, 6.07) is 4.35. The molecule has 4 nitrogen and oxygen atoms in total. The Bertz CT molecular complexity index is 613. The van der Waals surface area contributed by atoms with Crippen LogP contribution in [0, 0.1) is 13.8 Å². The Morgan fingerprint density at radius 3 is 1.83 bits per heavy atom. The summed E-state index contributed by atoms with van der Waals surface area (Å²) >= 11 is 0. The number of phenols is 1. The van der Waals surface area contributed by atoms with Crippen molar-refractivity contribution >= 4 is 21.0 Å². The van der Waals surface area contributed by atoms with E-state index in [1.54, 1.807) is 0 Å². The Hall–Kier alpha value is -0.930. The number of hydrogen-bond acceptors (Lipinski definition) is 4. The van der Waals surface area contributed by atoms with Crippen molar-refractivity contribution in [2.24, 2.45) is 0 Å². The lowest BCUT2D eigenvalue weighted by molar-refractivity contribution is -0.0517. The fourth-order valence-electron chi connectivity index (χ4n) is 2.15. The van der Waals surface area contributed by atoms with Crippen molar-refractivity contribution in [3.8, 4) is 5.75 Å². The largest absolute Gasteiger partial charge is 0.741 e. The van der Waals surface area contributed by atoms with Gasteiger partial charge in [-0.25, -0.2) is 8.42 Å². The topological polar surface area (TPSA) is 77.4 Å². The Balaban J connectivity index is 0.000000284. The SMILES string of the molecule is Cc1cc([S+]2CCCCC2)cc(C)c1O.O=S(=O)([O-])C(F)(F)F. The van der Waals surface area contributed by atoms with Crippen molar-refractivity contribution in [2.75, 3.05) is 11.5 Å². The molecular weight excluding hydrogens is 353 g/mol. The molecule has 0 aromatic heterocycles. The Labute approximate surface area is 136 Å². The van der Waals surface area contributed by atoms with Crippen LogP contribution in [0.1, 0.15) is 30.4 Å². The maximum Gasteiger partial charge on any atom is 0.485 e. The third-order valence-electron chi connectivity index (χ3n) is 3.36. The molecule has 0 spiro atoms. The summed E-state index contributed by atoms with van der Waals surface area (Å²) in [6.07, 6.45) is 4.16. The van der Waals surface area contributed by atoms with E-state index < -0.39 is 15.6 Å². The van der Waals surface area contributed by atoms with Crippen LogP contribution in [0.2, 0.25) is 0 Å². The third-order valence-corrected chi connectivity index (χ3v) is 6.40. The molecule has 1 aromatic rings. The summed E-state index contributed by atoms with van der Waals surface area (Å²) in [7, 11) is -5.64. The molecule has 1 aliphatic heterocycles. The highest BCUT2D eigenvalue weighted by molar-refractivity contribution is 7.96. The van der Waals surface area contributed by atoms with Gasteiger partial charge in [0.1, 0.15) is 17.3 Å². The molecule has 23 heavy (non-hydrogen) atoms. The molecule has 9 heteroatoms. The number of benzene rings is 1. The van der Waals surface area contributed by atoms with Gasteiger partial charge in [0, 0.05) is 10.9 Å². The molecule has 0 atom stereocenters. The number of aryl methyl sites for hydroxylation is 2. The van der Waals surface area contributed by atoms with E-state index >= 15 is 0 Å². The van der Waals surface area contributed by atoms with Crippen LogP contribution in [0.3, 0.4) is 0 Å². The zero-order valence-electron chi connectivity index (χ0n) is 12.8. The maximum absolute atomic E-state index is 10.7. The third kappa shape index (κ3) is 5.89. The van der Waals surface area contributed by atoms with Crippen molar-refractivity contribution in [1.82, 2.24) is 0 Å². The monoisotopic (exact) mass is 372 g/mol. The van der Waals surface area contributed by atoms with Gasteiger partial charge in [-0.1, -0.05) is 0 Å². The number of alkyl halides is 3. The number of phenolic OH excluding ortho intramolecular Hbond substituents is 1. The fraction of sp³-hybridized carbons (Fsp3) is 0.571. The molecule has 1 fully saturated rings. The second-order valence-corrected chi connectivity index (χ2v) is 8.91. The van der Waals surface area contributed by atoms with E-state index in [0.29, 0.717) is 16.6 Å². The van der Waals surface area contributed by atoms with Crippen LogP contribution < -0.4 is 0 Å². The van der Waals surface area contributed by atoms with E-state index in [9.17, 15) is 18.3 Å². The highest BCUT2D eigenvalue weighted by Gasteiger charge is 2.36. The molecule has 1 N–H and O–H groups in total. The summed E-state index contributed by atoms with van der Waals surface area (Å²) in [5.74, 6) is 3.17. The lowest BCUT2D eigenvalue weighted by Gasteiger charge is -2.14. The van der Waals surface area contributed by atoms with Crippen LogP contribution in [-0.4, -0.2) is 35.1 Å². The average molecular weight is 372 g/mol. The summed E-state index contributed by atoms with van der Waals surface area (Å²) in [4.78, 5) is 1.46. The van der Waals surface area contributed by atoms with Gasteiger partial charge in [0.05, 0.1) is 0 Å². The van der Waals surface area contributed by atoms with Gasteiger partial charge < -0.3 is 9.66 Å². The standard InChI is InChI=1S/C13H18OS.CHF3O3S/c1-10-8-12(9-11(2)13(10)14)15-6-4-3-5-7-15;2-1(3,4)8(5,6)7/h8-9H,3-7H2,1-2H3;(H,5,6,7). The van der Waals surface area contributed by atoms with Gasteiger partial charge in [0.25, 0.3) is 0 Å². The van der Waals surface area contributed by atoms with Gasteiger partial charge in [-0.3, -0.25) is 0 Å². The Morgan fingerprint density at radius 1 is 1.09 bits per heavy atom. The summed E-state index contributed by atoms with van der Waals surface area (Å²) in [6.45, 7) is 4.00. The molecule has 1 heterocycles. The second-order valence-electron chi connectivity index (χ2n) is 5.27. The molecular formula is C14H19F3O4S2. The van der Waals surface area contributed by atoms with Crippen molar-refractivity contribution in [1.29, 1.82) is 0 Å². The first-order valence-corrected chi connectivity index (χ1v) is 9.90. The minimum atomic E-state index is -6.09. The first kappa shape index (κ1) is 20.1. The van der Waals surface area contributed by atoms with E-state index in [2.05, 4.69) is 12.1 Å². The lowest BCUT2D eigenvalue weighted by atomic mass is 10.1. The van der Waals surface area contributed by atoms with Gasteiger partial charge in [-0.15, -0.1) is 0 Å². The van der Waals surface area contributed by atoms with Gasteiger partial charge >= 0.3 is 5.51 Å². The van der Waals surface area contributed by atoms with E-state index in [0.717, 1.165) is 11.1 Å². The van der Waals surface area contributed by atoms with Crippen molar-refractivity contribution < 1.29 is 31.2 Å². The molecule has 1 saturated heterocycles. The van der Waals surface area contributed by atoms with E-state index in [1.807, 2.05) is 13.8 Å². The van der Waals surface area contributed by atoms with E-state index in [4.69, 9.17) is 13.0 Å². The zero-order valence-corrected chi connectivity index (χ0v) is 14.4. The summed E-state index contributed by atoms with van der Waals surface area (Å²) in [5, 5.41) is 9.73. The van der Waals surface area contributed by atoms with Crippen LogP contribution >= 0.6 is 0 Å². The molecule has 1 aliphatic rings. The first-order valence-electron chi connectivity index (χ1n) is 6.93. The van der Waals surface area contributed by atoms with Crippen molar-refractivity contribution in [3.63, 3.8) is 0 Å². The zero-order chi connectivity index (χ0) is 17.8. The van der Waals surface area contributed by atoms with Gasteiger partial charge in [0.2, 0.25) is 0 Å². The lowest BCUT2D eigenvalue weighted by Crippen LogP contribution is -2.21. The van der Waals surface area contributed by atoms with Crippen LogP contribution in [0.25, 0.3) is 0 Å². The Morgan fingerprint density at radius 2 is 1.48 bits per heavy atom. The van der Waals surface area contributed by atoms with Crippen molar-refractivity contribution in [2.45, 2.75) is 43.5 Å². The van der Waals surface area contributed by atoms with Crippen LogP contribution in [-0.2, 0) is 21.0 Å². The van der Waals surface area contributed by atoms with E-state index in [1.165, 1.54) is 35.7 Å². The molecule has 0 radical (unpaired) electrons. The minimum absolute atomic E-state index is 0.452. The maximum atomic E-state index is 10.7. The van der Waals surface area contributed by atoms with Gasteiger partial charge in [-0.05, 0) is 56.4 Å². The smallest absolute Gasteiger partial charge is 0.485 e. The van der Waals surface area contributed by atoms with Gasteiger partial charge in [0.15, 0.2) is 15.0 Å². The fourth-order valence-corrected chi connectivity index (χ4v) is 4.62. The highest BCUT2D eigenvalue weighted by Crippen LogP contribution is 2.29. The van der Waals surface area contributed by atoms with Crippen LogP contribution in [0.15, 0.2) is 17.0 Å². The molecule has 132 valence electrons. The highest BCUT2D eigenvalue weighted by atomic mass is 32.2. The molecule has 0 unspecified atom stereocenters. The number of hydrogen-bond donors (Lipinski definition) is 1. The number of aromatic hydroxyl groups is 1. The number of halogens is 3. The quantitative estimate of drug-likeness (QED) is 0.466. The molecule has 0 aliphatic carbocycles. The predicted molar refractivity (Wildman–Crippen MR) is 82.5 cm³/mol. The van der Waals surface area contributed by atoms with E-state index in [-0.39, 0.29) is 0 Å². The molecule has 0 bridgehead atoms. The average Bonchev–Trinajstić information content (AvgIpc) is 2.44. The van der Waals surface area contributed by atoms with Crippen LogP contribution in [0.5, 0.6) is 5.75 Å². The molecule has 2 rings (SSSR count). The van der Waals surface area contributed by atoms with Crippen molar-refractivity contribution in [3.05, 3.63) is 23.3 Å². The first-order chi connectivity index (χ1) is 10.4. The predicted octanol–water partition coefficient (Wildman–Crippen LogP) is 3.22. The Kier molecular flexibility index (Phi) is 6.79. The summed E-state index contributed by atoms with van der Waals surface area (Å²) < 4.78 is 58.9. The number of rotatable bonds is 1. The molecule has 0 saturated carbocycles. The minimum Gasteiger partial charge on any atom is -0.741 e.